The van der Waals surface area contributed by atoms with Gasteiger partial charge < -0.3 is 9.88 Å². The van der Waals surface area contributed by atoms with Crippen LogP contribution in [0.4, 0.5) is 0 Å². The monoisotopic (exact) mass is 139 g/mol. The van der Waals surface area contributed by atoms with Crippen molar-refractivity contribution in [1.29, 1.82) is 0 Å². The van der Waals surface area contributed by atoms with E-state index in [0.29, 0.717) is 13.0 Å². The molecule has 1 N–H and O–H groups in total. The lowest BCUT2D eigenvalue weighted by molar-refractivity contribution is -0.109. The molecule has 0 aromatic carbocycles. The molecule has 0 aliphatic heterocycles. The van der Waals surface area contributed by atoms with Crippen molar-refractivity contribution in [3.05, 3.63) is 18.7 Å². The minimum absolute atomic E-state index is 0.653. The van der Waals surface area contributed by atoms with Crippen LogP contribution in [-0.2, 0) is 11.3 Å². The van der Waals surface area contributed by atoms with Crippen LogP contribution in [-0.4, -0.2) is 22.5 Å². The summed E-state index contributed by atoms with van der Waals surface area (Å²) in [6.45, 7) is 1.43. The SMILES string of the molecule is O=CNCCn1ccnc1. The van der Waals surface area contributed by atoms with E-state index in [1.54, 1.807) is 12.5 Å². The third-order valence-electron chi connectivity index (χ3n) is 1.16. The van der Waals surface area contributed by atoms with Gasteiger partial charge in [0, 0.05) is 25.5 Å². The smallest absolute Gasteiger partial charge is 0.207 e. The van der Waals surface area contributed by atoms with Crippen molar-refractivity contribution in [3.63, 3.8) is 0 Å². The van der Waals surface area contributed by atoms with Crippen molar-refractivity contribution < 1.29 is 4.79 Å². The topological polar surface area (TPSA) is 46.9 Å². The fourth-order valence-corrected chi connectivity index (χ4v) is 0.672. The van der Waals surface area contributed by atoms with Gasteiger partial charge in [0.25, 0.3) is 0 Å². The Morgan fingerprint density at radius 1 is 1.70 bits per heavy atom. The summed E-state index contributed by atoms with van der Waals surface area (Å²) in [5.74, 6) is 0. The third-order valence-corrected chi connectivity index (χ3v) is 1.16. The molecule has 1 heterocycles. The number of imidazole rings is 1. The molecule has 0 saturated carbocycles. The lowest BCUT2D eigenvalue weighted by atomic mass is 10.6. The zero-order valence-corrected chi connectivity index (χ0v) is 5.53. The first-order valence-electron chi connectivity index (χ1n) is 3.06. The van der Waals surface area contributed by atoms with Crippen LogP contribution in [0.3, 0.4) is 0 Å². The Labute approximate surface area is 58.9 Å². The highest BCUT2D eigenvalue weighted by Crippen LogP contribution is 1.82. The van der Waals surface area contributed by atoms with Crippen molar-refractivity contribution in [2.75, 3.05) is 6.54 Å². The first-order chi connectivity index (χ1) is 4.93. The molecule has 1 aromatic rings. The molecule has 1 aromatic heterocycles. The summed E-state index contributed by atoms with van der Waals surface area (Å²) in [7, 11) is 0. The van der Waals surface area contributed by atoms with Crippen LogP contribution in [0, 0.1) is 0 Å². The van der Waals surface area contributed by atoms with Crippen molar-refractivity contribution in [2.45, 2.75) is 6.54 Å². The number of nitrogens with zero attached hydrogens (tertiary/aromatic N) is 2. The summed E-state index contributed by atoms with van der Waals surface area (Å²) in [5, 5.41) is 2.56. The largest absolute Gasteiger partial charge is 0.357 e. The average molecular weight is 139 g/mol. The van der Waals surface area contributed by atoms with Crippen LogP contribution >= 0.6 is 0 Å². The summed E-state index contributed by atoms with van der Waals surface area (Å²) >= 11 is 0. The molecule has 54 valence electrons. The maximum absolute atomic E-state index is 9.80. The molecular weight excluding hydrogens is 130 g/mol. The van der Waals surface area contributed by atoms with Crippen LogP contribution in [0.5, 0.6) is 0 Å². The van der Waals surface area contributed by atoms with E-state index in [1.165, 1.54) is 0 Å². The number of rotatable bonds is 4. The van der Waals surface area contributed by atoms with Gasteiger partial charge in [-0.3, -0.25) is 4.79 Å². The molecular formula is C6H9N3O. The number of carbonyl (C=O) groups is 1. The van der Waals surface area contributed by atoms with E-state index >= 15 is 0 Å². The number of aromatic nitrogens is 2. The molecule has 0 aliphatic rings. The maximum atomic E-state index is 9.80. The normalized spacial score (nSPS) is 9.20. The van der Waals surface area contributed by atoms with E-state index in [9.17, 15) is 4.79 Å². The molecule has 0 saturated heterocycles. The minimum atomic E-state index is 0.653. The number of hydrogen-bond donors (Lipinski definition) is 1. The Morgan fingerprint density at radius 2 is 2.60 bits per heavy atom. The van der Waals surface area contributed by atoms with E-state index in [0.717, 1.165) is 6.54 Å². The molecule has 1 rings (SSSR count). The van der Waals surface area contributed by atoms with E-state index < -0.39 is 0 Å². The molecule has 0 bridgehead atoms. The quantitative estimate of drug-likeness (QED) is 0.457. The highest BCUT2D eigenvalue weighted by Gasteiger charge is 1.85. The minimum Gasteiger partial charge on any atom is -0.357 e. The zero-order valence-electron chi connectivity index (χ0n) is 5.53. The molecule has 0 fully saturated rings. The fraction of sp³-hybridized carbons (Fsp3) is 0.333. The number of carbonyl (C=O) groups excluding carboxylic acids is 1. The van der Waals surface area contributed by atoms with Crippen molar-refractivity contribution in [3.8, 4) is 0 Å². The zero-order chi connectivity index (χ0) is 7.23. The molecule has 0 radical (unpaired) electrons. The van der Waals surface area contributed by atoms with Crippen molar-refractivity contribution in [2.24, 2.45) is 0 Å². The third kappa shape index (κ3) is 1.89. The Kier molecular flexibility index (Phi) is 2.49. The first kappa shape index (κ1) is 6.80. The van der Waals surface area contributed by atoms with Crippen LogP contribution in [0.15, 0.2) is 18.7 Å². The predicted octanol–water partition coefficient (Wildman–Crippen LogP) is -0.371. The molecule has 4 nitrogen and oxygen atoms in total. The van der Waals surface area contributed by atoms with Gasteiger partial charge in [0.2, 0.25) is 6.41 Å². The van der Waals surface area contributed by atoms with Gasteiger partial charge in [-0.1, -0.05) is 0 Å². The molecule has 0 unspecified atom stereocenters. The highest BCUT2D eigenvalue weighted by atomic mass is 16.1. The summed E-state index contributed by atoms with van der Waals surface area (Å²) < 4.78 is 1.90. The standard InChI is InChI=1S/C6H9N3O/c10-6-8-2-4-9-3-1-7-5-9/h1,3,5-6H,2,4H2,(H,8,10). The molecule has 4 heteroatoms. The van der Waals surface area contributed by atoms with Crippen LogP contribution in [0.2, 0.25) is 0 Å². The molecule has 10 heavy (non-hydrogen) atoms. The summed E-state index contributed by atoms with van der Waals surface area (Å²) in [6.07, 6.45) is 5.97. The van der Waals surface area contributed by atoms with Crippen molar-refractivity contribution >= 4 is 6.41 Å². The number of nitrogens with one attached hydrogen (secondary N) is 1. The van der Waals surface area contributed by atoms with Gasteiger partial charge in [0.05, 0.1) is 6.33 Å². The Balaban J connectivity index is 2.21. The second-order valence-corrected chi connectivity index (χ2v) is 1.87. The van der Waals surface area contributed by atoms with Gasteiger partial charge in [-0.2, -0.15) is 0 Å². The van der Waals surface area contributed by atoms with E-state index in [2.05, 4.69) is 10.3 Å². The molecule has 1 amide bonds. The predicted molar refractivity (Wildman–Crippen MR) is 36.3 cm³/mol. The Morgan fingerprint density at radius 3 is 3.20 bits per heavy atom. The van der Waals surface area contributed by atoms with Gasteiger partial charge in [-0.05, 0) is 0 Å². The van der Waals surface area contributed by atoms with E-state index in [4.69, 9.17) is 0 Å². The Hall–Kier alpha value is -1.32. The number of hydrogen-bond acceptors (Lipinski definition) is 2. The number of amides is 1. The fourth-order valence-electron chi connectivity index (χ4n) is 0.672. The van der Waals surface area contributed by atoms with Crippen LogP contribution in [0.1, 0.15) is 0 Å². The second-order valence-electron chi connectivity index (χ2n) is 1.87. The van der Waals surface area contributed by atoms with Gasteiger partial charge in [0.1, 0.15) is 0 Å². The lowest BCUT2D eigenvalue weighted by Gasteiger charge is -1.98. The summed E-state index contributed by atoms with van der Waals surface area (Å²) in [6, 6.07) is 0. The van der Waals surface area contributed by atoms with Crippen LogP contribution < -0.4 is 5.32 Å². The molecule has 0 atom stereocenters. The second kappa shape index (κ2) is 3.66. The van der Waals surface area contributed by atoms with Gasteiger partial charge in [-0.25, -0.2) is 4.98 Å². The van der Waals surface area contributed by atoms with E-state index in [-0.39, 0.29) is 0 Å². The Bertz CT molecular complexity index is 183. The van der Waals surface area contributed by atoms with Gasteiger partial charge >= 0.3 is 0 Å². The molecule has 0 spiro atoms. The maximum Gasteiger partial charge on any atom is 0.207 e. The average Bonchev–Trinajstić information content (AvgIpc) is 2.41. The van der Waals surface area contributed by atoms with Gasteiger partial charge in [-0.15, -0.1) is 0 Å². The van der Waals surface area contributed by atoms with Gasteiger partial charge in [0.15, 0.2) is 0 Å². The molecule has 0 aliphatic carbocycles. The van der Waals surface area contributed by atoms with E-state index in [1.807, 2.05) is 10.8 Å². The highest BCUT2D eigenvalue weighted by molar-refractivity contribution is 5.45. The summed E-state index contributed by atoms with van der Waals surface area (Å²) in [4.78, 5) is 13.6. The van der Waals surface area contributed by atoms with Crippen LogP contribution in [0.25, 0.3) is 0 Å². The lowest BCUT2D eigenvalue weighted by Crippen LogP contribution is -2.16. The van der Waals surface area contributed by atoms with Crippen molar-refractivity contribution in [1.82, 2.24) is 14.9 Å². The first-order valence-corrected chi connectivity index (χ1v) is 3.06. The summed E-state index contributed by atoms with van der Waals surface area (Å²) in [5.41, 5.74) is 0.